The fraction of sp³-hybridized carbons (Fsp3) is 0.682. The monoisotopic (exact) mass is 382 g/mol. The molecule has 148 valence electrons. The molecule has 0 heterocycles. The van der Waals surface area contributed by atoms with Gasteiger partial charge in [-0.3, -0.25) is 4.79 Å². The molecular weight excluding hydrogens is 348 g/mol. The van der Waals surface area contributed by atoms with Gasteiger partial charge in [0.25, 0.3) is 0 Å². The number of hydrogen-bond acceptors (Lipinski definition) is 2. The first-order chi connectivity index (χ1) is 12.1. The molecule has 1 aliphatic rings. The molecule has 1 N–H and O–H groups in total. The minimum absolute atomic E-state index is 0.0488. The van der Waals surface area contributed by atoms with Crippen molar-refractivity contribution >= 4 is 17.6 Å². The number of carboxylic acid groups (broad SMARTS) is 1. The van der Waals surface area contributed by atoms with Gasteiger partial charge in [-0.25, -0.2) is 0 Å². The molecule has 0 aromatic carbocycles. The molecule has 4 heteroatoms. The quantitative estimate of drug-likeness (QED) is 0.157. The van der Waals surface area contributed by atoms with Gasteiger partial charge in [0.2, 0.25) is 0 Å². The van der Waals surface area contributed by atoms with Crippen LogP contribution in [-0.4, -0.2) is 23.1 Å². The van der Waals surface area contributed by atoms with Crippen LogP contribution in [0.2, 0.25) is 0 Å². The molecule has 0 radical (unpaired) electrons. The lowest BCUT2D eigenvalue weighted by molar-refractivity contribution is -0.137. The number of aliphatic carboxylic acids is 1. The average molecular weight is 383 g/mol. The van der Waals surface area contributed by atoms with E-state index in [0.29, 0.717) is 24.9 Å². The van der Waals surface area contributed by atoms with Crippen molar-refractivity contribution in [3.8, 4) is 0 Å². The Morgan fingerprint density at radius 3 is 2.62 bits per heavy atom. The zero-order chi connectivity index (χ0) is 19.7. The van der Waals surface area contributed by atoms with Gasteiger partial charge < -0.3 is 9.84 Å². The summed E-state index contributed by atoms with van der Waals surface area (Å²) in [6.07, 6.45) is 11.1. The molecule has 0 aliphatic heterocycles. The maximum absolute atomic E-state index is 10.5. The van der Waals surface area contributed by atoms with E-state index >= 15 is 0 Å². The Labute approximate surface area is 164 Å². The van der Waals surface area contributed by atoms with Gasteiger partial charge in [-0.05, 0) is 67.9 Å². The molecule has 1 fully saturated rings. The van der Waals surface area contributed by atoms with Crippen LogP contribution in [0.15, 0.2) is 36.1 Å². The molecule has 3 nitrogen and oxygen atoms in total. The molecule has 0 saturated heterocycles. The first-order valence-corrected chi connectivity index (χ1v) is 10.1. The van der Waals surface area contributed by atoms with Crippen LogP contribution in [0.5, 0.6) is 0 Å². The molecule has 1 saturated carbocycles. The van der Waals surface area contributed by atoms with E-state index in [1.54, 1.807) is 0 Å². The summed E-state index contributed by atoms with van der Waals surface area (Å²) in [5, 5.41) is 8.84. The van der Waals surface area contributed by atoms with Crippen LogP contribution in [0.4, 0.5) is 0 Å². The van der Waals surface area contributed by atoms with Crippen LogP contribution in [0, 0.1) is 17.3 Å². The standard InChI is InChI=1S/C22H35ClO3/c1-16(22(3,4)5)14-17(2)26-15-18-12-13-20(23)19(18)10-8-6-7-9-11-21(24)25/h6,8,14,18-20H,1,7,9-13,15H2,2-5H3,(H,24,25)/b8-6-,17-14+/t18?,19-,20-/m1/s1. The topological polar surface area (TPSA) is 46.5 Å². The van der Waals surface area contributed by atoms with Gasteiger partial charge in [0, 0.05) is 11.8 Å². The summed E-state index contributed by atoms with van der Waals surface area (Å²) < 4.78 is 5.99. The van der Waals surface area contributed by atoms with E-state index in [4.69, 9.17) is 21.4 Å². The summed E-state index contributed by atoms with van der Waals surface area (Å²) in [5.41, 5.74) is 1.12. The van der Waals surface area contributed by atoms with Crippen LogP contribution >= 0.6 is 11.6 Å². The highest BCUT2D eigenvalue weighted by Gasteiger charge is 2.34. The van der Waals surface area contributed by atoms with Crippen molar-refractivity contribution in [2.75, 3.05) is 6.61 Å². The Morgan fingerprint density at radius 2 is 2.00 bits per heavy atom. The largest absolute Gasteiger partial charge is 0.498 e. The van der Waals surface area contributed by atoms with Crippen molar-refractivity contribution in [2.24, 2.45) is 17.3 Å². The Morgan fingerprint density at radius 1 is 1.31 bits per heavy atom. The highest BCUT2D eigenvalue weighted by Crippen LogP contribution is 2.38. The van der Waals surface area contributed by atoms with Crippen LogP contribution in [-0.2, 0) is 9.53 Å². The number of carbonyl (C=O) groups is 1. The fourth-order valence-corrected chi connectivity index (χ4v) is 3.56. The normalized spacial score (nSPS) is 24.2. The molecular formula is C22H35ClO3. The van der Waals surface area contributed by atoms with E-state index in [0.717, 1.165) is 37.0 Å². The lowest BCUT2D eigenvalue weighted by Crippen LogP contribution is -2.19. The van der Waals surface area contributed by atoms with Crippen molar-refractivity contribution in [1.29, 1.82) is 0 Å². The van der Waals surface area contributed by atoms with Crippen LogP contribution in [0.3, 0.4) is 0 Å². The first-order valence-electron chi connectivity index (χ1n) is 9.62. The average Bonchev–Trinajstić information content (AvgIpc) is 2.88. The predicted octanol–water partition coefficient (Wildman–Crippen LogP) is 6.34. The fourth-order valence-electron chi connectivity index (χ4n) is 3.13. The predicted molar refractivity (Wildman–Crippen MR) is 109 cm³/mol. The molecule has 3 atom stereocenters. The Kier molecular flexibility index (Phi) is 9.49. The minimum Gasteiger partial charge on any atom is -0.498 e. The number of ether oxygens (including phenoxy) is 1. The van der Waals surface area contributed by atoms with Gasteiger partial charge in [-0.1, -0.05) is 39.5 Å². The number of rotatable bonds is 10. The minimum atomic E-state index is -0.732. The summed E-state index contributed by atoms with van der Waals surface area (Å²) in [6, 6.07) is 0. The van der Waals surface area contributed by atoms with Crippen molar-refractivity contribution < 1.29 is 14.6 Å². The Hall–Kier alpha value is -1.22. The molecule has 26 heavy (non-hydrogen) atoms. The number of alkyl halides is 1. The van der Waals surface area contributed by atoms with Crippen LogP contribution < -0.4 is 0 Å². The summed E-state index contributed by atoms with van der Waals surface area (Å²) >= 11 is 6.52. The second-order valence-electron chi connectivity index (χ2n) is 8.35. The third kappa shape index (κ3) is 8.44. The van der Waals surface area contributed by atoms with Gasteiger partial charge in [-0.15, -0.1) is 11.6 Å². The number of halogens is 1. The summed E-state index contributed by atoms with van der Waals surface area (Å²) in [5.74, 6) is 1.06. The van der Waals surface area contributed by atoms with Crippen LogP contribution in [0.25, 0.3) is 0 Å². The smallest absolute Gasteiger partial charge is 0.303 e. The maximum Gasteiger partial charge on any atom is 0.303 e. The zero-order valence-corrected chi connectivity index (χ0v) is 17.5. The third-order valence-corrected chi connectivity index (χ3v) is 5.63. The van der Waals surface area contributed by atoms with E-state index in [2.05, 4.69) is 39.5 Å². The van der Waals surface area contributed by atoms with E-state index in [1.807, 2.05) is 13.0 Å². The molecule has 0 aromatic rings. The number of carboxylic acids is 1. The van der Waals surface area contributed by atoms with Crippen molar-refractivity contribution in [3.63, 3.8) is 0 Å². The molecule has 0 amide bonds. The number of allylic oxidation sites excluding steroid dienone is 5. The molecule has 0 aromatic heterocycles. The van der Waals surface area contributed by atoms with Gasteiger partial charge in [0.1, 0.15) is 0 Å². The van der Waals surface area contributed by atoms with Crippen LogP contribution in [0.1, 0.15) is 66.2 Å². The van der Waals surface area contributed by atoms with E-state index < -0.39 is 5.97 Å². The van der Waals surface area contributed by atoms with Crippen molar-refractivity contribution in [1.82, 2.24) is 0 Å². The lowest BCUT2D eigenvalue weighted by Gasteiger charge is -2.22. The highest BCUT2D eigenvalue weighted by molar-refractivity contribution is 6.21. The molecule has 0 bridgehead atoms. The maximum atomic E-state index is 10.5. The SMILES string of the molecule is C=C(/C=C(\C)OCC1CC[C@@H](Cl)[C@@H]1C/C=C\CCCC(=O)O)C(C)(C)C. The van der Waals surface area contributed by atoms with Gasteiger partial charge in [0.05, 0.1) is 12.4 Å². The van der Waals surface area contributed by atoms with Gasteiger partial charge in [-0.2, -0.15) is 0 Å². The summed E-state index contributed by atoms with van der Waals surface area (Å²) in [4.78, 5) is 10.5. The summed E-state index contributed by atoms with van der Waals surface area (Å²) in [7, 11) is 0. The second-order valence-corrected chi connectivity index (χ2v) is 8.91. The Bertz CT molecular complexity index is 528. The second kappa shape index (κ2) is 10.8. The van der Waals surface area contributed by atoms with Gasteiger partial charge >= 0.3 is 5.97 Å². The van der Waals surface area contributed by atoms with E-state index in [-0.39, 0.29) is 17.2 Å². The molecule has 1 unspecified atom stereocenters. The van der Waals surface area contributed by atoms with Crippen molar-refractivity contribution in [2.45, 2.75) is 71.6 Å². The molecule has 0 spiro atoms. The molecule has 1 rings (SSSR count). The van der Waals surface area contributed by atoms with E-state index in [1.165, 1.54) is 0 Å². The zero-order valence-electron chi connectivity index (χ0n) is 16.8. The highest BCUT2D eigenvalue weighted by atomic mass is 35.5. The lowest BCUT2D eigenvalue weighted by atomic mass is 9.87. The first kappa shape index (κ1) is 22.8. The van der Waals surface area contributed by atoms with Crippen molar-refractivity contribution in [3.05, 3.63) is 36.1 Å². The van der Waals surface area contributed by atoms with E-state index in [9.17, 15) is 4.79 Å². The number of hydrogen-bond donors (Lipinski definition) is 1. The molecule has 1 aliphatic carbocycles. The Balaban J connectivity index is 2.45. The van der Waals surface area contributed by atoms with Gasteiger partial charge in [0.15, 0.2) is 0 Å². The number of unbranched alkanes of at least 4 members (excludes halogenated alkanes) is 1. The summed E-state index contributed by atoms with van der Waals surface area (Å²) in [6.45, 7) is 13.2. The third-order valence-electron chi connectivity index (χ3n) is 5.09.